The summed E-state index contributed by atoms with van der Waals surface area (Å²) in [5.74, 6) is 0.554. The molecule has 160 valence electrons. The number of benzene rings is 3. The predicted molar refractivity (Wildman–Crippen MR) is 121 cm³/mol. The minimum atomic E-state index is -0.302. The van der Waals surface area contributed by atoms with Crippen LogP contribution in [-0.2, 0) is 4.79 Å². The average molecular weight is 418 g/mol. The van der Waals surface area contributed by atoms with Crippen LogP contribution >= 0.6 is 0 Å². The zero-order valence-electron chi connectivity index (χ0n) is 17.7. The molecule has 3 rings (SSSR count). The van der Waals surface area contributed by atoms with E-state index in [0.29, 0.717) is 30.2 Å². The third kappa shape index (κ3) is 6.60. The summed E-state index contributed by atoms with van der Waals surface area (Å²) < 4.78 is 11.3. The number of rotatable bonds is 9. The summed E-state index contributed by atoms with van der Waals surface area (Å²) in [5, 5.41) is 5.57. The van der Waals surface area contributed by atoms with Crippen molar-refractivity contribution in [2.45, 2.75) is 13.8 Å². The highest BCUT2D eigenvalue weighted by Gasteiger charge is 2.13. The Bertz CT molecular complexity index is 1030. The van der Waals surface area contributed by atoms with Gasteiger partial charge in [-0.3, -0.25) is 9.59 Å². The molecule has 3 aromatic carbocycles. The Morgan fingerprint density at radius 2 is 1.58 bits per heavy atom. The molecule has 0 atom stereocenters. The zero-order chi connectivity index (χ0) is 22.1. The molecule has 0 bridgehead atoms. The molecule has 0 fully saturated rings. The first-order valence-electron chi connectivity index (χ1n) is 10.1. The lowest BCUT2D eigenvalue weighted by atomic mass is 10.1. The smallest absolute Gasteiger partial charge is 0.259 e. The number of hydrogen-bond donors (Lipinski definition) is 2. The number of carbonyl (C=O) groups is 2. The van der Waals surface area contributed by atoms with Crippen LogP contribution < -0.4 is 20.1 Å². The van der Waals surface area contributed by atoms with Crippen LogP contribution in [0.15, 0.2) is 72.8 Å². The molecular formula is C25H26N2O4. The number of aryl methyl sites for hydroxylation is 2. The molecule has 0 saturated heterocycles. The molecule has 0 spiro atoms. The molecule has 0 aliphatic rings. The number of hydrogen-bond acceptors (Lipinski definition) is 4. The van der Waals surface area contributed by atoms with E-state index in [9.17, 15) is 9.59 Å². The van der Waals surface area contributed by atoms with Crippen LogP contribution in [0.3, 0.4) is 0 Å². The van der Waals surface area contributed by atoms with Gasteiger partial charge in [0.05, 0.1) is 12.1 Å². The van der Waals surface area contributed by atoms with Gasteiger partial charge in [-0.15, -0.1) is 0 Å². The van der Waals surface area contributed by atoms with E-state index in [1.54, 1.807) is 36.4 Å². The van der Waals surface area contributed by atoms with E-state index in [4.69, 9.17) is 9.47 Å². The summed E-state index contributed by atoms with van der Waals surface area (Å²) in [4.78, 5) is 24.7. The topological polar surface area (TPSA) is 76.7 Å². The normalized spacial score (nSPS) is 10.3. The van der Waals surface area contributed by atoms with Gasteiger partial charge in [0.2, 0.25) is 0 Å². The summed E-state index contributed by atoms with van der Waals surface area (Å²) in [6, 6.07) is 21.9. The van der Waals surface area contributed by atoms with Crippen LogP contribution in [0.5, 0.6) is 11.5 Å². The first kappa shape index (κ1) is 21.9. The van der Waals surface area contributed by atoms with Gasteiger partial charge in [0.25, 0.3) is 11.8 Å². The summed E-state index contributed by atoms with van der Waals surface area (Å²) in [5.41, 5.74) is 3.27. The van der Waals surface area contributed by atoms with Crippen LogP contribution in [0.4, 0.5) is 5.69 Å². The van der Waals surface area contributed by atoms with E-state index in [0.717, 1.165) is 11.3 Å². The van der Waals surface area contributed by atoms with Crippen molar-refractivity contribution in [3.63, 3.8) is 0 Å². The second kappa shape index (κ2) is 10.8. The molecule has 2 amide bonds. The Kier molecular flexibility index (Phi) is 7.65. The second-order valence-electron chi connectivity index (χ2n) is 7.07. The monoisotopic (exact) mass is 418 g/mol. The fourth-order valence-corrected chi connectivity index (χ4v) is 3.01. The molecule has 6 nitrogen and oxygen atoms in total. The number of para-hydroxylation sites is 2. The van der Waals surface area contributed by atoms with Gasteiger partial charge in [0, 0.05) is 5.69 Å². The number of amides is 2. The number of anilines is 1. The molecule has 0 aliphatic carbocycles. The summed E-state index contributed by atoms with van der Waals surface area (Å²) in [7, 11) is 0. The standard InChI is InChI=1S/C25H26N2O4/c1-18-12-13-22(19(2)16-18)30-15-14-26-24(28)17-31-23-11-7-6-10-21(23)25(29)27-20-8-4-3-5-9-20/h3-13,16H,14-15,17H2,1-2H3,(H,26,28)(H,27,29). The lowest BCUT2D eigenvalue weighted by Crippen LogP contribution is -2.32. The molecule has 3 aromatic rings. The van der Waals surface area contributed by atoms with Gasteiger partial charge < -0.3 is 20.1 Å². The van der Waals surface area contributed by atoms with Gasteiger partial charge in [-0.2, -0.15) is 0 Å². The lowest BCUT2D eigenvalue weighted by molar-refractivity contribution is -0.123. The predicted octanol–water partition coefficient (Wildman–Crippen LogP) is 4.13. The average Bonchev–Trinajstić information content (AvgIpc) is 2.77. The molecule has 31 heavy (non-hydrogen) atoms. The Morgan fingerprint density at radius 3 is 2.35 bits per heavy atom. The Labute approximate surface area is 182 Å². The largest absolute Gasteiger partial charge is 0.491 e. The van der Waals surface area contributed by atoms with Gasteiger partial charge in [-0.1, -0.05) is 48.0 Å². The molecule has 0 aliphatic heterocycles. The molecule has 0 heterocycles. The minimum absolute atomic E-state index is 0.195. The van der Waals surface area contributed by atoms with Gasteiger partial charge in [-0.25, -0.2) is 0 Å². The first-order valence-corrected chi connectivity index (χ1v) is 10.1. The van der Waals surface area contributed by atoms with E-state index < -0.39 is 0 Å². The van der Waals surface area contributed by atoms with Crippen molar-refractivity contribution < 1.29 is 19.1 Å². The molecule has 0 unspecified atom stereocenters. The van der Waals surface area contributed by atoms with E-state index in [1.807, 2.05) is 50.2 Å². The molecule has 0 aromatic heterocycles. The maximum absolute atomic E-state index is 12.6. The fourth-order valence-electron chi connectivity index (χ4n) is 3.01. The number of ether oxygens (including phenoxy) is 2. The van der Waals surface area contributed by atoms with Crippen molar-refractivity contribution in [1.29, 1.82) is 0 Å². The number of nitrogens with one attached hydrogen (secondary N) is 2. The Morgan fingerprint density at radius 1 is 0.839 bits per heavy atom. The van der Waals surface area contributed by atoms with Crippen molar-refractivity contribution in [3.05, 3.63) is 89.5 Å². The van der Waals surface area contributed by atoms with Gasteiger partial charge in [0.1, 0.15) is 18.1 Å². The van der Waals surface area contributed by atoms with Gasteiger partial charge in [-0.05, 0) is 49.7 Å². The summed E-state index contributed by atoms with van der Waals surface area (Å²) in [6.07, 6.45) is 0. The highest BCUT2D eigenvalue weighted by atomic mass is 16.5. The van der Waals surface area contributed by atoms with Gasteiger partial charge >= 0.3 is 0 Å². The fraction of sp³-hybridized carbons (Fsp3) is 0.200. The van der Waals surface area contributed by atoms with Crippen LogP contribution in [0.1, 0.15) is 21.5 Å². The van der Waals surface area contributed by atoms with E-state index in [1.165, 1.54) is 5.56 Å². The van der Waals surface area contributed by atoms with Crippen LogP contribution in [0.2, 0.25) is 0 Å². The van der Waals surface area contributed by atoms with E-state index in [-0.39, 0.29) is 18.4 Å². The highest BCUT2D eigenvalue weighted by Crippen LogP contribution is 2.20. The summed E-state index contributed by atoms with van der Waals surface area (Å²) in [6.45, 7) is 4.52. The van der Waals surface area contributed by atoms with E-state index >= 15 is 0 Å². The third-order valence-corrected chi connectivity index (χ3v) is 4.53. The molecule has 0 saturated carbocycles. The van der Waals surface area contributed by atoms with Crippen molar-refractivity contribution in [2.75, 3.05) is 25.1 Å². The zero-order valence-corrected chi connectivity index (χ0v) is 17.7. The van der Waals surface area contributed by atoms with Crippen LogP contribution in [-0.4, -0.2) is 31.6 Å². The highest BCUT2D eigenvalue weighted by molar-refractivity contribution is 6.06. The first-order chi connectivity index (χ1) is 15.0. The van der Waals surface area contributed by atoms with Crippen molar-refractivity contribution >= 4 is 17.5 Å². The molecular weight excluding hydrogens is 392 g/mol. The minimum Gasteiger partial charge on any atom is -0.491 e. The van der Waals surface area contributed by atoms with Crippen LogP contribution in [0.25, 0.3) is 0 Å². The molecule has 0 radical (unpaired) electrons. The maximum atomic E-state index is 12.6. The summed E-state index contributed by atoms with van der Waals surface area (Å²) >= 11 is 0. The number of carbonyl (C=O) groups excluding carboxylic acids is 2. The lowest BCUT2D eigenvalue weighted by Gasteiger charge is -2.13. The third-order valence-electron chi connectivity index (χ3n) is 4.53. The van der Waals surface area contributed by atoms with E-state index in [2.05, 4.69) is 10.6 Å². The quantitative estimate of drug-likeness (QED) is 0.512. The second-order valence-corrected chi connectivity index (χ2v) is 7.07. The molecule has 6 heteroatoms. The maximum Gasteiger partial charge on any atom is 0.259 e. The SMILES string of the molecule is Cc1ccc(OCCNC(=O)COc2ccccc2C(=O)Nc2ccccc2)c(C)c1. The molecule has 2 N–H and O–H groups in total. The van der Waals surface area contributed by atoms with Crippen molar-refractivity contribution in [1.82, 2.24) is 5.32 Å². The van der Waals surface area contributed by atoms with Crippen molar-refractivity contribution in [2.24, 2.45) is 0 Å². The van der Waals surface area contributed by atoms with Crippen molar-refractivity contribution in [3.8, 4) is 11.5 Å². The Hall–Kier alpha value is -3.80. The Balaban J connectivity index is 1.46. The van der Waals surface area contributed by atoms with Gasteiger partial charge in [0.15, 0.2) is 6.61 Å². The van der Waals surface area contributed by atoms with Crippen LogP contribution in [0, 0.1) is 13.8 Å².